The highest BCUT2D eigenvalue weighted by Crippen LogP contribution is 2.36. The first-order valence-corrected chi connectivity index (χ1v) is 50.8. The summed E-state index contributed by atoms with van der Waals surface area (Å²) in [5.41, 5.74) is 0.832. The van der Waals surface area contributed by atoms with Gasteiger partial charge in [-0.1, -0.05) is 85.2 Å². The van der Waals surface area contributed by atoms with Gasteiger partial charge in [-0.15, -0.1) is 11.3 Å². The number of imide groups is 1. The topological polar surface area (TPSA) is 557 Å². The molecule has 15 atom stereocenters. The standard InChI is InChI=1S/C99H157N11O33S/c1-13-32-101-88(117)72(104-90(119)76(109-81(112)29-30-82(109)113)63-102-97(126)143-99(8,9)10)25-19-21-33-100-80(111)31-36-128-37-38-129-39-40-130-41-42-131-43-44-132-45-46-133-47-48-134-49-50-135-51-52-136-53-54-137-55-56-138-57-58-140-98(127)106-73-61-70(27-28-78(73)141-96-86(116)84(114)85(115)87(142-96)95(124)125)64-110(12)34-22-20-26-77(110)91(120)107-83(67(6)15-3)93(121)108(11)75(66(4)5)62-79(139-35-14-2)92-105-74(65-144-92)89(118)103-71(59-68(7)94(122)123)60-69-23-17-16-18-24-69/h16-18,23-24,27-30,61,65-68,71-72,75-77,79,83-87,96,114-116H,13-15,19-22,25-26,31-60,62-64H2,1-12H3,(H8-,100,101,102,103,104,106,107,111,117,118,119,120,122,123,124,125,126,127)/p+1/t67-,68-,71+,72-,75+,76-,77+,79+,83-,84-,85-,86+,87-,96+,110?/m0/s1. The van der Waals surface area contributed by atoms with Crippen LogP contribution >= 0.6 is 11.3 Å². The summed E-state index contributed by atoms with van der Waals surface area (Å²) in [6, 6.07) is 9.16. The number of aliphatic hydroxyl groups excluding tert-OH is 3. The number of carbonyl (C=O) groups excluding carboxylic acids is 10. The monoisotopic (exact) mass is 2060 g/mol. The van der Waals surface area contributed by atoms with Gasteiger partial charge in [0.25, 0.3) is 23.6 Å². The smallest absolute Gasteiger partial charge is 0.411 e. The number of hydrogen-bond donors (Lipinski definition) is 12. The van der Waals surface area contributed by atoms with E-state index >= 15 is 9.59 Å². The number of aliphatic carboxylic acids is 2. The molecule has 10 amide bonds. The second-order valence-corrected chi connectivity index (χ2v) is 37.8. The molecule has 45 heteroatoms. The summed E-state index contributed by atoms with van der Waals surface area (Å²) in [5.74, 6) is -7.96. The zero-order chi connectivity index (χ0) is 105. The Labute approximate surface area is 847 Å². The molecule has 44 nitrogen and oxygen atoms in total. The zero-order valence-electron chi connectivity index (χ0n) is 85.6. The highest BCUT2D eigenvalue weighted by atomic mass is 32.1. The van der Waals surface area contributed by atoms with Gasteiger partial charge in [-0.3, -0.25) is 53.4 Å². The number of aromatic nitrogens is 1. The Balaban J connectivity index is 0.795. The van der Waals surface area contributed by atoms with Crippen LogP contribution in [0.4, 0.5) is 15.3 Å². The summed E-state index contributed by atoms with van der Waals surface area (Å²) in [4.78, 5) is 166. The number of likely N-dealkylation sites (N-methyl/N-ethyl adjacent to an activating group) is 2. The van der Waals surface area contributed by atoms with Crippen molar-refractivity contribution >= 4 is 88.4 Å². The molecule has 1 unspecified atom stereocenters. The van der Waals surface area contributed by atoms with Crippen molar-refractivity contribution in [3.63, 3.8) is 0 Å². The Morgan fingerprint density at radius 2 is 1.18 bits per heavy atom. The first kappa shape index (κ1) is 123. The van der Waals surface area contributed by atoms with Crippen LogP contribution in [-0.2, 0) is 127 Å². The van der Waals surface area contributed by atoms with Gasteiger partial charge in [-0.25, -0.2) is 19.4 Å². The molecule has 12 N–H and O–H groups in total. The lowest BCUT2D eigenvalue weighted by molar-refractivity contribution is -0.942. The minimum Gasteiger partial charge on any atom is -0.481 e. The van der Waals surface area contributed by atoms with E-state index in [1.807, 2.05) is 78.9 Å². The Bertz CT molecular complexity index is 4350. The number of quaternary nitrogens is 1. The van der Waals surface area contributed by atoms with E-state index in [0.29, 0.717) is 199 Å². The first-order chi connectivity index (χ1) is 69.0. The molecule has 1 aromatic heterocycles. The number of rotatable bonds is 75. The summed E-state index contributed by atoms with van der Waals surface area (Å²) in [5, 5.41) is 73.4. The summed E-state index contributed by atoms with van der Waals surface area (Å²) in [6.07, 6.45) is -4.23. The molecule has 3 aliphatic rings. The van der Waals surface area contributed by atoms with Crippen LogP contribution in [-0.4, -0.2) is 388 Å². The number of anilines is 1. The largest absolute Gasteiger partial charge is 0.481 e. The van der Waals surface area contributed by atoms with E-state index in [4.69, 9.17) is 80.8 Å². The van der Waals surface area contributed by atoms with Gasteiger partial charge in [0, 0.05) is 81.2 Å². The maximum absolute atomic E-state index is 15.2. The van der Waals surface area contributed by atoms with Crippen LogP contribution in [0.2, 0.25) is 0 Å². The molecular formula is C99H158N11O33S+. The van der Waals surface area contributed by atoms with Crippen LogP contribution in [0.15, 0.2) is 66.1 Å². The van der Waals surface area contributed by atoms with E-state index in [1.54, 1.807) is 57.2 Å². The van der Waals surface area contributed by atoms with Gasteiger partial charge in [0.1, 0.15) is 77.7 Å². The van der Waals surface area contributed by atoms with E-state index < -0.39 is 145 Å². The SMILES string of the molecule is CCCNC(=O)[C@H](CCCCNC(=O)CCOCCOCCOCCOCCOCCOCCOCCOCCOCCOCCOCCOC(=O)Nc1cc(C[N+]2(C)CCCC[C@@H]2C(=O)N[C@H](C(=O)N(C)[C@H](C[C@@H](OCCC)c2nc(C(=O)N[C@@H](Cc3ccccc3)C[C@H](C)C(=O)O)cs2)C(C)C)[C@@H](C)CC)ccc1O[C@@H]1O[C@H](C(=O)O)[C@@H](O)[C@H](O)[C@H]1O)NC(=O)[C@H](CNC(=O)OC(C)(C)C)N1C(=O)C=CC1=O. The Morgan fingerprint density at radius 1 is 0.618 bits per heavy atom. The molecule has 0 spiro atoms. The van der Waals surface area contributed by atoms with E-state index in [-0.39, 0.29) is 123 Å². The molecule has 812 valence electrons. The maximum atomic E-state index is 15.2. The summed E-state index contributed by atoms with van der Waals surface area (Å²) >= 11 is 1.26. The number of nitrogens with zero attached hydrogens (tertiary/aromatic N) is 4. The van der Waals surface area contributed by atoms with Crippen LogP contribution in [0.5, 0.6) is 5.75 Å². The predicted molar refractivity (Wildman–Crippen MR) is 525 cm³/mol. The number of carbonyl (C=O) groups is 12. The lowest BCUT2D eigenvalue weighted by Crippen LogP contribution is -2.63. The van der Waals surface area contributed by atoms with Gasteiger partial charge in [0.15, 0.2) is 12.1 Å². The molecule has 6 rings (SSSR count). The molecule has 0 bridgehead atoms. The maximum Gasteiger partial charge on any atom is 0.411 e. The van der Waals surface area contributed by atoms with Gasteiger partial charge >= 0.3 is 24.1 Å². The number of thiazole rings is 1. The number of nitrogens with one attached hydrogen (secondary N) is 7. The van der Waals surface area contributed by atoms with Crippen molar-refractivity contribution in [3.05, 3.63) is 87.9 Å². The first-order valence-electron chi connectivity index (χ1n) is 49.9. The van der Waals surface area contributed by atoms with E-state index in [0.717, 1.165) is 30.6 Å². The number of hydrogen-bond acceptors (Lipinski definition) is 33. The molecular weight excluding hydrogens is 1900 g/mol. The minimum absolute atomic E-state index is 0.0172. The number of unbranched alkanes of at least 4 members (excludes halogenated alkanes) is 1. The highest BCUT2D eigenvalue weighted by molar-refractivity contribution is 7.09. The number of carboxylic acids is 2. The molecule has 0 aliphatic carbocycles. The van der Waals surface area contributed by atoms with Crippen molar-refractivity contribution in [2.45, 2.75) is 238 Å². The van der Waals surface area contributed by atoms with Crippen molar-refractivity contribution in [2.75, 3.05) is 204 Å². The predicted octanol–water partition coefficient (Wildman–Crippen LogP) is 5.17. The van der Waals surface area contributed by atoms with Crippen LogP contribution in [0.25, 0.3) is 0 Å². The number of likely N-dealkylation sites (tertiary alicyclic amines) is 1. The van der Waals surface area contributed by atoms with Gasteiger partial charge in [-0.05, 0) is 114 Å². The normalized spacial score (nSPS) is 19.1. The summed E-state index contributed by atoms with van der Waals surface area (Å²) in [7, 11) is 3.67. The molecule has 144 heavy (non-hydrogen) atoms. The number of amides is 10. The van der Waals surface area contributed by atoms with Crippen LogP contribution in [0.1, 0.15) is 179 Å². The van der Waals surface area contributed by atoms with Gasteiger partial charge in [0.2, 0.25) is 29.9 Å². The minimum atomic E-state index is -2.01. The molecule has 2 fully saturated rings. The Kier molecular flexibility index (Phi) is 58.1. The fourth-order valence-corrected chi connectivity index (χ4v) is 16.7. The number of alkyl carbamates (subject to hydrolysis) is 1. The van der Waals surface area contributed by atoms with Crippen molar-refractivity contribution in [3.8, 4) is 5.75 Å². The highest BCUT2D eigenvalue weighted by Gasteiger charge is 2.50. The van der Waals surface area contributed by atoms with Crippen molar-refractivity contribution < 1.29 is 163 Å². The van der Waals surface area contributed by atoms with Crippen LogP contribution in [0, 0.1) is 17.8 Å². The fourth-order valence-electron chi connectivity index (χ4n) is 15.8. The molecule has 2 saturated heterocycles. The molecule has 3 aliphatic heterocycles. The zero-order valence-corrected chi connectivity index (χ0v) is 86.4. The lowest BCUT2D eigenvalue weighted by Gasteiger charge is -2.44. The second kappa shape index (κ2) is 68.0. The number of aliphatic hydroxyl groups is 3. The molecule has 4 heterocycles. The van der Waals surface area contributed by atoms with E-state index in [2.05, 4.69) is 37.2 Å². The number of carboxylic acid groups (broad SMARTS) is 2. The third-order valence-corrected chi connectivity index (χ3v) is 24.8. The molecule has 3 aromatic rings. The summed E-state index contributed by atoms with van der Waals surface area (Å²) < 4.78 is 90.1. The van der Waals surface area contributed by atoms with E-state index in [9.17, 15) is 73.5 Å². The number of ether oxygens (including phenoxy) is 16. The fraction of sp³-hybridized carbons (Fsp3) is 0.707. The molecule has 0 saturated carbocycles. The molecule has 2 aromatic carbocycles. The van der Waals surface area contributed by atoms with Gasteiger partial charge in [0.05, 0.1) is 177 Å². The third-order valence-electron chi connectivity index (χ3n) is 23.8. The number of benzene rings is 2. The van der Waals surface area contributed by atoms with Crippen molar-refractivity contribution in [1.29, 1.82) is 0 Å². The number of piperidine rings is 1. The average Bonchev–Trinajstić information content (AvgIpc) is 0.955. The third kappa shape index (κ3) is 45.8. The van der Waals surface area contributed by atoms with Crippen molar-refractivity contribution in [1.82, 2.24) is 46.7 Å². The lowest BCUT2D eigenvalue weighted by atomic mass is 9.92. The van der Waals surface area contributed by atoms with Crippen LogP contribution < -0.4 is 42.0 Å². The van der Waals surface area contributed by atoms with E-state index in [1.165, 1.54) is 17.4 Å². The molecule has 0 radical (unpaired) electrons. The van der Waals surface area contributed by atoms with Crippen molar-refractivity contribution in [2.24, 2.45) is 17.8 Å². The average molecular weight is 2060 g/mol. The summed E-state index contributed by atoms with van der Waals surface area (Å²) in [6.45, 7) is 26.2. The second-order valence-electron chi connectivity index (χ2n) is 36.9. The van der Waals surface area contributed by atoms with Crippen LogP contribution in [0.3, 0.4) is 0 Å². The quantitative estimate of drug-likeness (QED) is 0.0197. The van der Waals surface area contributed by atoms with Gasteiger partial charge < -0.3 is 143 Å². The Hall–Kier alpha value is -9.63. The van der Waals surface area contributed by atoms with Gasteiger partial charge in [-0.2, -0.15) is 0 Å². The Morgan fingerprint density at radius 3 is 1.71 bits per heavy atom.